The van der Waals surface area contributed by atoms with Crippen LogP contribution in [0.2, 0.25) is 0 Å². The predicted molar refractivity (Wildman–Crippen MR) is 108 cm³/mol. The first-order valence-electron chi connectivity index (χ1n) is 9.76. The number of pyridine rings is 1. The minimum Gasteiger partial charge on any atom is -0.290 e. The normalized spacial score (nSPS) is 31.2. The largest absolute Gasteiger partial charge is 0.330 e. The molecule has 2 aliphatic carbocycles. The molecule has 0 saturated heterocycles. The number of fused-ring (bicyclic) bond motifs is 2. The number of aliphatic imine (C=N–C) groups is 1. The van der Waals surface area contributed by atoms with Gasteiger partial charge in [-0.3, -0.25) is 14.1 Å². The predicted octanol–water partition coefficient (Wildman–Crippen LogP) is 3.45. The molecule has 0 amide bonds. The van der Waals surface area contributed by atoms with E-state index < -0.39 is 0 Å². The van der Waals surface area contributed by atoms with E-state index in [0.29, 0.717) is 18.5 Å². The maximum atomic E-state index is 12.7. The SMILES string of the molecule is Cn1c(=O)n(CC(C)(C)C)c2ccc(C3C=CC4C5N=CC=CC45C3)nc21. The summed E-state index contributed by atoms with van der Waals surface area (Å²) in [6, 6.07) is 4.58. The van der Waals surface area contributed by atoms with Gasteiger partial charge < -0.3 is 0 Å². The van der Waals surface area contributed by atoms with E-state index in [2.05, 4.69) is 62.2 Å². The number of aromatic nitrogens is 3. The fraction of sp³-hybridized carbons (Fsp3) is 0.500. The second-order valence-corrected chi connectivity index (χ2v) is 9.50. The van der Waals surface area contributed by atoms with Gasteiger partial charge in [-0.2, -0.15) is 0 Å². The monoisotopic (exact) mass is 362 g/mol. The van der Waals surface area contributed by atoms with E-state index in [4.69, 9.17) is 4.98 Å². The van der Waals surface area contributed by atoms with Crippen LogP contribution in [0.25, 0.3) is 11.2 Å². The highest BCUT2D eigenvalue weighted by molar-refractivity contribution is 5.75. The summed E-state index contributed by atoms with van der Waals surface area (Å²) in [6.07, 6.45) is 12.0. The summed E-state index contributed by atoms with van der Waals surface area (Å²) in [4.78, 5) is 22.3. The van der Waals surface area contributed by atoms with Crippen molar-refractivity contribution in [1.82, 2.24) is 14.1 Å². The van der Waals surface area contributed by atoms with Crippen molar-refractivity contribution in [2.45, 2.75) is 45.7 Å². The van der Waals surface area contributed by atoms with Gasteiger partial charge in [0.25, 0.3) is 0 Å². The summed E-state index contributed by atoms with van der Waals surface area (Å²) in [5.41, 5.74) is 2.97. The highest BCUT2D eigenvalue weighted by atomic mass is 16.1. The Balaban J connectivity index is 1.53. The molecule has 0 radical (unpaired) electrons. The van der Waals surface area contributed by atoms with Crippen LogP contribution in [0.4, 0.5) is 0 Å². The molecule has 3 aliphatic rings. The summed E-state index contributed by atoms with van der Waals surface area (Å²) >= 11 is 0. The van der Waals surface area contributed by atoms with E-state index in [1.807, 2.05) is 17.8 Å². The van der Waals surface area contributed by atoms with Crippen LogP contribution in [-0.4, -0.2) is 26.4 Å². The molecule has 5 rings (SSSR count). The lowest BCUT2D eigenvalue weighted by Gasteiger charge is -2.23. The van der Waals surface area contributed by atoms with Gasteiger partial charge in [0.2, 0.25) is 0 Å². The Morgan fingerprint density at radius 1 is 1.26 bits per heavy atom. The lowest BCUT2D eigenvalue weighted by Crippen LogP contribution is -2.27. The molecule has 140 valence electrons. The molecule has 0 aromatic carbocycles. The van der Waals surface area contributed by atoms with Crippen LogP contribution in [-0.2, 0) is 13.6 Å². The summed E-state index contributed by atoms with van der Waals surface area (Å²) < 4.78 is 3.54. The Morgan fingerprint density at radius 2 is 2.07 bits per heavy atom. The second kappa shape index (κ2) is 5.31. The minimum atomic E-state index is 0.00854. The Hall–Kier alpha value is -2.43. The van der Waals surface area contributed by atoms with Crippen LogP contribution in [0.1, 0.15) is 38.8 Å². The zero-order chi connectivity index (χ0) is 19.0. The molecule has 0 N–H and O–H groups in total. The van der Waals surface area contributed by atoms with E-state index in [1.54, 1.807) is 4.57 Å². The molecule has 27 heavy (non-hydrogen) atoms. The number of imidazole rings is 1. The van der Waals surface area contributed by atoms with Crippen molar-refractivity contribution in [3.63, 3.8) is 0 Å². The molecule has 2 aromatic heterocycles. The standard InChI is InChI=1S/C22H26N4O/c1-21(2,3)13-26-17-9-8-16(24-19(17)25(4)20(26)27)14-6-7-15-18-22(15,12-14)10-5-11-23-18/h5-11,14-15,18H,12-13H2,1-4H3. The first kappa shape index (κ1) is 16.7. The third-order valence-electron chi connectivity index (χ3n) is 6.28. The third-order valence-corrected chi connectivity index (χ3v) is 6.28. The molecule has 5 nitrogen and oxygen atoms in total. The number of allylic oxidation sites excluding steroid dienone is 2. The minimum absolute atomic E-state index is 0.00854. The molecule has 4 atom stereocenters. The summed E-state index contributed by atoms with van der Waals surface area (Å²) in [5, 5.41) is 0. The maximum Gasteiger partial charge on any atom is 0.330 e. The first-order valence-corrected chi connectivity index (χ1v) is 9.76. The Labute approximate surface area is 159 Å². The fourth-order valence-electron chi connectivity index (χ4n) is 4.91. The van der Waals surface area contributed by atoms with Crippen LogP contribution in [0.3, 0.4) is 0 Å². The van der Waals surface area contributed by atoms with Crippen LogP contribution in [0.5, 0.6) is 0 Å². The molecule has 3 heterocycles. The van der Waals surface area contributed by atoms with Gasteiger partial charge in [-0.25, -0.2) is 9.78 Å². The van der Waals surface area contributed by atoms with E-state index in [9.17, 15) is 4.79 Å². The lowest BCUT2D eigenvalue weighted by molar-refractivity contribution is 0.342. The highest BCUT2D eigenvalue weighted by Crippen LogP contribution is 2.64. The van der Waals surface area contributed by atoms with Crippen molar-refractivity contribution in [2.24, 2.45) is 28.8 Å². The topological polar surface area (TPSA) is 52.2 Å². The number of hydrogen-bond donors (Lipinski definition) is 0. The number of hydrogen-bond acceptors (Lipinski definition) is 3. The molecule has 1 saturated carbocycles. The van der Waals surface area contributed by atoms with E-state index >= 15 is 0 Å². The Bertz CT molecular complexity index is 1080. The molecule has 1 fully saturated rings. The Morgan fingerprint density at radius 3 is 2.85 bits per heavy atom. The molecule has 5 heteroatoms. The molecular weight excluding hydrogens is 336 g/mol. The number of nitrogens with zero attached hydrogens (tertiary/aromatic N) is 4. The Kier molecular flexibility index (Phi) is 3.29. The molecule has 1 aliphatic heterocycles. The van der Waals surface area contributed by atoms with Crippen molar-refractivity contribution < 1.29 is 0 Å². The fourth-order valence-corrected chi connectivity index (χ4v) is 4.91. The quantitative estimate of drug-likeness (QED) is 0.769. The molecule has 4 unspecified atom stereocenters. The number of rotatable bonds is 2. The van der Waals surface area contributed by atoms with Gasteiger partial charge in [-0.05, 0) is 30.0 Å². The zero-order valence-electron chi connectivity index (χ0n) is 16.4. The van der Waals surface area contributed by atoms with Crippen molar-refractivity contribution >= 4 is 17.4 Å². The summed E-state index contributed by atoms with van der Waals surface area (Å²) in [5.74, 6) is 0.819. The smallest absolute Gasteiger partial charge is 0.290 e. The van der Waals surface area contributed by atoms with Crippen molar-refractivity contribution in [2.75, 3.05) is 0 Å². The first-order chi connectivity index (χ1) is 12.8. The van der Waals surface area contributed by atoms with Gasteiger partial charge in [0.1, 0.15) is 0 Å². The summed E-state index contributed by atoms with van der Waals surface area (Å²) in [6.45, 7) is 7.13. The van der Waals surface area contributed by atoms with Gasteiger partial charge in [0.05, 0.1) is 11.6 Å². The van der Waals surface area contributed by atoms with Gasteiger partial charge in [0.15, 0.2) is 5.65 Å². The average molecular weight is 362 g/mol. The average Bonchev–Trinajstić information content (AvgIpc) is 3.26. The van der Waals surface area contributed by atoms with Gasteiger partial charge >= 0.3 is 5.69 Å². The van der Waals surface area contributed by atoms with Crippen LogP contribution in [0, 0.1) is 16.7 Å². The van der Waals surface area contributed by atoms with E-state index in [1.165, 1.54) is 0 Å². The van der Waals surface area contributed by atoms with Crippen molar-refractivity contribution in [3.05, 3.63) is 52.6 Å². The third kappa shape index (κ3) is 2.40. The van der Waals surface area contributed by atoms with Gasteiger partial charge in [0, 0.05) is 42.8 Å². The zero-order valence-corrected chi connectivity index (χ0v) is 16.4. The molecule has 1 spiro atoms. The van der Waals surface area contributed by atoms with E-state index in [-0.39, 0.29) is 22.4 Å². The maximum absolute atomic E-state index is 12.7. The highest BCUT2D eigenvalue weighted by Gasteiger charge is 2.64. The molecular formula is C22H26N4O. The van der Waals surface area contributed by atoms with Crippen molar-refractivity contribution in [3.8, 4) is 0 Å². The number of dihydropyridines is 1. The molecule has 0 bridgehead atoms. The van der Waals surface area contributed by atoms with Crippen LogP contribution < -0.4 is 5.69 Å². The second-order valence-electron chi connectivity index (χ2n) is 9.50. The van der Waals surface area contributed by atoms with Gasteiger partial charge in [-0.15, -0.1) is 0 Å². The number of aryl methyl sites for hydroxylation is 1. The van der Waals surface area contributed by atoms with Crippen LogP contribution in [0.15, 0.2) is 46.2 Å². The van der Waals surface area contributed by atoms with Crippen molar-refractivity contribution in [1.29, 1.82) is 0 Å². The lowest BCUT2D eigenvalue weighted by atomic mass is 9.82. The van der Waals surface area contributed by atoms with Gasteiger partial charge in [-0.1, -0.05) is 39.0 Å². The van der Waals surface area contributed by atoms with Crippen LogP contribution >= 0.6 is 0 Å². The van der Waals surface area contributed by atoms with E-state index in [0.717, 1.165) is 23.3 Å². The summed E-state index contributed by atoms with van der Waals surface area (Å²) in [7, 11) is 1.82. The molecule has 2 aromatic rings.